The van der Waals surface area contributed by atoms with Gasteiger partial charge < -0.3 is 9.90 Å². The molecule has 2 atom stereocenters. The normalized spacial score (nSPS) is 29.8. The molecule has 0 amide bonds. The number of hydrogen-bond acceptors (Lipinski definition) is 3. The van der Waals surface area contributed by atoms with Crippen LogP contribution in [0.5, 0.6) is 0 Å². The van der Waals surface area contributed by atoms with Gasteiger partial charge in [0.25, 0.3) is 5.84 Å². The molecule has 0 bridgehead atoms. The fourth-order valence-electron chi connectivity index (χ4n) is 1.57. The first-order chi connectivity index (χ1) is 5.46. The Hall–Kier alpha value is -1.06. The van der Waals surface area contributed by atoms with E-state index < -0.39 is 5.97 Å². The van der Waals surface area contributed by atoms with Crippen LogP contribution in [0, 0.1) is 0 Å². The van der Waals surface area contributed by atoms with E-state index in [2.05, 4.69) is 0 Å². The molecule has 0 spiro atoms. The van der Waals surface area contributed by atoms with Crippen molar-refractivity contribution in [3.05, 3.63) is 0 Å². The number of carbonyl (C=O) groups excluding carboxylic acids is 1. The lowest BCUT2D eigenvalue weighted by Gasteiger charge is -2.13. The van der Waals surface area contributed by atoms with Crippen LogP contribution in [0.15, 0.2) is 0 Å². The van der Waals surface area contributed by atoms with Gasteiger partial charge in [-0.05, 0) is 13.8 Å². The van der Waals surface area contributed by atoms with Crippen LogP contribution in [0.3, 0.4) is 0 Å². The van der Waals surface area contributed by atoms with Crippen LogP contribution in [-0.2, 0) is 4.79 Å². The number of aliphatic carboxylic acids is 1. The highest BCUT2D eigenvalue weighted by Gasteiger charge is 2.38. The van der Waals surface area contributed by atoms with Crippen LogP contribution < -0.4 is 5.11 Å². The first kappa shape index (κ1) is 9.03. The van der Waals surface area contributed by atoms with Crippen molar-refractivity contribution in [1.82, 2.24) is 4.90 Å². The zero-order valence-electron chi connectivity index (χ0n) is 7.87. The van der Waals surface area contributed by atoms with Crippen molar-refractivity contribution in [1.29, 1.82) is 0 Å². The predicted octanol–water partition coefficient (Wildman–Crippen LogP) is -1.50. The van der Waals surface area contributed by atoms with Gasteiger partial charge in [-0.3, -0.25) is 9.48 Å². The molecule has 68 valence electrons. The minimum absolute atomic E-state index is 0.225. The molecule has 0 aliphatic carbocycles. The third-order valence-electron chi connectivity index (χ3n) is 2.77. The van der Waals surface area contributed by atoms with Gasteiger partial charge in [-0.2, -0.15) is 0 Å². The molecule has 2 unspecified atom stereocenters. The molecule has 0 aromatic heterocycles. The Labute approximate surface area is 72.1 Å². The summed E-state index contributed by atoms with van der Waals surface area (Å²) in [4.78, 5) is 12.4. The summed E-state index contributed by atoms with van der Waals surface area (Å²) in [6.07, 6.45) is 0. The highest BCUT2D eigenvalue weighted by molar-refractivity contribution is 6.31. The second-order valence-electron chi connectivity index (χ2n) is 3.31. The first-order valence-electron chi connectivity index (χ1n) is 4.00. The molecule has 0 saturated carbocycles. The maximum Gasteiger partial charge on any atom is 0.295 e. The standard InChI is InChI=1S/C8H14N2O2/c1-5-6(2)10(4)7(8(11)12)9(5)3/h5-6H,1-4H3. The van der Waals surface area contributed by atoms with Gasteiger partial charge in [0.05, 0.1) is 14.1 Å². The minimum Gasteiger partial charge on any atom is -0.538 e. The minimum atomic E-state index is -1.10. The van der Waals surface area contributed by atoms with Crippen LogP contribution in [-0.4, -0.2) is 47.5 Å². The number of carboxylic acid groups (broad SMARTS) is 1. The van der Waals surface area contributed by atoms with Gasteiger partial charge >= 0.3 is 0 Å². The summed E-state index contributed by atoms with van der Waals surface area (Å²) in [5.41, 5.74) is 0. The van der Waals surface area contributed by atoms with Crippen molar-refractivity contribution in [3.8, 4) is 0 Å². The zero-order valence-corrected chi connectivity index (χ0v) is 7.87. The van der Waals surface area contributed by atoms with Gasteiger partial charge in [-0.1, -0.05) is 0 Å². The third-order valence-corrected chi connectivity index (χ3v) is 2.77. The van der Waals surface area contributed by atoms with Crippen LogP contribution in [0.25, 0.3) is 0 Å². The van der Waals surface area contributed by atoms with Crippen LogP contribution in [0.4, 0.5) is 0 Å². The number of rotatable bonds is 1. The summed E-state index contributed by atoms with van der Waals surface area (Å²) in [6.45, 7) is 3.99. The van der Waals surface area contributed by atoms with E-state index in [4.69, 9.17) is 0 Å². The topological polar surface area (TPSA) is 46.4 Å². The van der Waals surface area contributed by atoms with E-state index in [0.29, 0.717) is 0 Å². The molecule has 0 N–H and O–H groups in total. The second kappa shape index (κ2) is 2.77. The second-order valence-corrected chi connectivity index (χ2v) is 3.31. The van der Waals surface area contributed by atoms with Crippen LogP contribution in [0.2, 0.25) is 0 Å². The number of carbonyl (C=O) groups is 1. The quantitative estimate of drug-likeness (QED) is 0.450. The molecular weight excluding hydrogens is 156 g/mol. The lowest BCUT2D eigenvalue weighted by Crippen LogP contribution is -2.44. The number of nitrogens with zero attached hydrogens (tertiary/aromatic N) is 2. The summed E-state index contributed by atoms with van der Waals surface area (Å²) in [6, 6.07) is 0.450. The molecule has 1 rings (SSSR count). The Balaban J connectivity index is 3.04. The summed E-state index contributed by atoms with van der Waals surface area (Å²) >= 11 is 0. The molecule has 1 heterocycles. The third kappa shape index (κ3) is 1.07. The Kier molecular flexibility index (Phi) is 2.08. The first-order valence-corrected chi connectivity index (χ1v) is 4.00. The van der Waals surface area contributed by atoms with Gasteiger partial charge in [-0.25, -0.2) is 0 Å². The predicted molar refractivity (Wildman–Crippen MR) is 42.9 cm³/mol. The summed E-state index contributed by atoms with van der Waals surface area (Å²) < 4.78 is 1.74. The van der Waals surface area contributed by atoms with E-state index in [9.17, 15) is 9.90 Å². The molecule has 0 saturated heterocycles. The maximum absolute atomic E-state index is 10.7. The van der Waals surface area contributed by atoms with Crippen molar-refractivity contribution in [2.24, 2.45) is 0 Å². The van der Waals surface area contributed by atoms with E-state index in [0.717, 1.165) is 0 Å². The lowest BCUT2D eigenvalue weighted by molar-refractivity contribution is -0.527. The smallest absolute Gasteiger partial charge is 0.295 e. The lowest BCUT2D eigenvalue weighted by atomic mass is 10.2. The summed E-state index contributed by atoms with van der Waals surface area (Å²) in [7, 11) is 3.55. The molecule has 0 aromatic rings. The van der Waals surface area contributed by atoms with E-state index in [1.165, 1.54) is 0 Å². The van der Waals surface area contributed by atoms with E-state index in [-0.39, 0.29) is 17.9 Å². The SMILES string of the molecule is CC1C(C)[N+](C)=C(C(=O)[O-])N1C. The van der Waals surface area contributed by atoms with Gasteiger partial charge in [0, 0.05) is 0 Å². The average molecular weight is 170 g/mol. The van der Waals surface area contributed by atoms with E-state index in [1.54, 1.807) is 23.6 Å². The van der Waals surface area contributed by atoms with E-state index >= 15 is 0 Å². The Morgan fingerprint density at radius 3 is 2.25 bits per heavy atom. The maximum atomic E-state index is 10.7. The molecule has 4 heteroatoms. The van der Waals surface area contributed by atoms with Gasteiger partial charge in [0.1, 0.15) is 12.1 Å². The fraction of sp³-hybridized carbons (Fsp3) is 0.750. The highest BCUT2D eigenvalue weighted by Crippen LogP contribution is 2.12. The van der Waals surface area contributed by atoms with Crippen molar-refractivity contribution in [2.75, 3.05) is 14.1 Å². The highest BCUT2D eigenvalue weighted by atomic mass is 16.4. The molecule has 0 aromatic carbocycles. The van der Waals surface area contributed by atoms with Crippen molar-refractivity contribution in [3.63, 3.8) is 0 Å². The number of hydrogen-bond donors (Lipinski definition) is 0. The largest absolute Gasteiger partial charge is 0.538 e. The zero-order chi connectivity index (χ0) is 9.46. The van der Waals surface area contributed by atoms with Crippen molar-refractivity contribution in [2.45, 2.75) is 25.9 Å². The number of carboxylic acids is 1. The molecule has 0 radical (unpaired) electrons. The van der Waals surface area contributed by atoms with Crippen molar-refractivity contribution < 1.29 is 14.5 Å². The Morgan fingerprint density at radius 2 is 2.08 bits per heavy atom. The number of amidine groups is 1. The van der Waals surface area contributed by atoms with Gasteiger partial charge in [0.2, 0.25) is 0 Å². The molecule has 0 fully saturated rings. The Bertz CT molecular complexity index is 247. The van der Waals surface area contributed by atoms with Crippen molar-refractivity contribution >= 4 is 11.8 Å². The van der Waals surface area contributed by atoms with Crippen LogP contribution >= 0.6 is 0 Å². The molecule has 1 aliphatic heterocycles. The number of likely N-dealkylation sites (N-methyl/N-ethyl adjacent to an activating group) is 2. The summed E-state index contributed by atoms with van der Waals surface area (Å²) in [5.74, 6) is -0.828. The average Bonchev–Trinajstić information content (AvgIpc) is 2.16. The van der Waals surface area contributed by atoms with Crippen LogP contribution in [0.1, 0.15) is 13.8 Å². The fourth-order valence-corrected chi connectivity index (χ4v) is 1.57. The molecule has 1 aliphatic rings. The molecule has 4 nitrogen and oxygen atoms in total. The monoisotopic (exact) mass is 170 g/mol. The molecular formula is C8H14N2O2. The van der Waals surface area contributed by atoms with E-state index in [1.807, 2.05) is 13.8 Å². The summed E-state index contributed by atoms with van der Waals surface area (Å²) in [5, 5.41) is 10.7. The Morgan fingerprint density at radius 1 is 1.58 bits per heavy atom. The molecule has 12 heavy (non-hydrogen) atoms. The van der Waals surface area contributed by atoms with Gasteiger partial charge in [0.15, 0.2) is 5.97 Å². The van der Waals surface area contributed by atoms with Gasteiger partial charge in [-0.15, -0.1) is 0 Å².